The fourth-order valence-corrected chi connectivity index (χ4v) is 4.93. The van der Waals surface area contributed by atoms with Crippen LogP contribution in [0.1, 0.15) is 27.6 Å². The quantitative estimate of drug-likeness (QED) is 0.376. The molecule has 37 heavy (non-hydrogen) atoms. The van der Waals surface area contributed by atoms with Crippen LogP contribution in [-0.4, -0.2) is 46.5 Å². The summed E-state index contributed by atoms with van der Waals surface area (Å²) in [6.07, 6.45) is -2.91. The van der Waals surface area contributed by atoms with Gasteiger partial charge in [-0.05, 0) is 41.1 Å². The second-order valence-electron chi connectivity index (χ2n) is 8.71. The van der Waals surface area contributed by atoms with Crippen molar-refractivity contribution in [2.75, 3.05) is 25.7 Å². The number of aromatic nitrogens is 4. The Morgan fingerprint density at radius 2 is 1.78 bits per heavy atom. The second-order valence-corrected chi connectivity index (χ2v) is 8.71. The zero-order chi connectivity index (χ0) is 25.9. The number of hydrogen-bond donors (Lipinski definition) is 0. The molecule has 0 saturated heterocycles. The number of cyclic esters (lactones) is 1. The number of benzene rings is 2. The molecule has 4 aromatic rings. The number of esters is 1. The molecule has 6 rings (SSSR count). The zero-order valence-electron chi connectivity index (χ0n) is 19.8. The molecule has 12 heteroatoms. The molecule has 0 fully saturated rings. The van der Waals surface area contributed by atoms with E-state index in [-0.39, 0.29) is 25.5 Å². The van der Waals surface area contributed by atoms with Gasteiger partial charge in [0, 0.05) is 36.0 Å². The lowest BCUT2D eigenvalue weighted by Crippen LogP contribution is -2.35. The predicted octanol–water partition coefficient (Wildman–Crippen LogP) is 4.22. The van der Waals surface area contributed by atoms with E-state index in [1.807, 2.05) is 29.2 Å². The van der Waals surface area contributed by atoms with Crippen LogP contribution in [0, 0.1) is 0 Å². The summed E-state index contributed by atoms with van der Waals surface area (Å²) >= 11 is 0. The van der Waals surface area contributed by atoms with E-state index >= 15 is 0 Å². The highest BCUT2D eigenvalue weighted by molar-refractivity contribution is 6.11. The van der Waals surface area contributed by atoms with E-state index in [0.717, 1.165) is 20.9 Å². The lowest BCUT2D eigenvalue weighted by Gasteiger charge is -2.29. The van der Waals surface area contributed by atoms with E-state index in [9.17, 15) is 18.0 Å². The number of carbonyl (C=O) groups excluding carboxylic acids is 1. The Bertz CT molecular complexity index is 1550. The predicted molar refractivity (Wildman–Crippen MR) is 125 cm³/mol. The Morgan fingerprint density at radius 1 is 1.00 bits per heavy atom. The Morgan fingerprint density at radius 3 is 2.49 bits per heavy atom. The highest BCUT2D eigenvalue weighted by atomic mass is 19.4. The Labute approximate surface area is 208 Å². The molecule has 190 valence electrons. The number of carbonyl (C=O) groups is 1. The Balaban J connectivity index is 1.39. The van der Waals surface area contributed by atoms with E-state index in [1.54, 1.807) is 26.5 Å². The van der Waals surface area contributed by atoms with Crippen LogP contribution in [0.2, 0.25) is 0 Å². The molecule has 0 N–H and O–H groups in total. The molecule has 0 spiro atoms. The first-order valence-electron chi connectivity index (χ1n) is 11.4. The van der Waals surface area contributed by atoms with Crippen molar-refractivity contribution in [1.82, 2.24) is 19.7 Å². The molecule has 2 aliphatic heterocycles. The third-order valence-electron chi connectivity index (χ3n) is 6.66. The molecule has 0 atom stereocenters. The Hall–Kier alpha value is -4.35. The molecule has 0 unspecified atom stereocenters. The minimum absolute atomic E-state index is 0.0882. The summed E-state index contributed by atoms with van der Waals surface area (Å²) in [5.41, 5.74) is 2.60. The van der Waals surface area contributed by atoms with Gasteiger partial charge >= 0.3 is 12.1 Å². The number of nitrogens with zero attached hydrogens (tertiary/aromatic N) is 5. The summed E-state index contributed by atoms with van der Waals surface area (Å²) in [4.78, 5) is 19.1. The number of methoxy groups -OCH3 is 2. The van der Waals surface area contributed by atoms with E-state index in [2.05, 4.69) is 15.2 Å². The maximum absolute atomic E-state index is 13.2. The largest absolute Gasteiger partial charge is 0.493 e. The SMILES string of the molecule is COc1cc2cc3c(c(-c4ccc(N5CCn6c(nnc6C(F)(F)F)C5)nc4)c2cc1OC)C(=O)OC3. The van der Waals surface area contributed by atoms with E-state index in [4.69, 9.17) is 14.2 Å². The van der Waals surface area contributed by atoms with Crippen LogP contribution in [0.25, 0.3) is 21.9 Å². The van der Waals surface area contributed by atoms with Gasteiger partial charge in [0.05, 0.1) is 26.3 Å². The average Bonchev–Trinajstić information content (AvgIpc) is 3.49. The Kier molecular flexibility index (Phi) is 5.21. The van der Waals surface area contributed by atoms with Gasteiger partial charge in [-0.2, -0.15) is 13.2 Å². The van der Waals surface area contributed by atoms with Gasteiger partial charge in [-0.3, -0.25) is 0 Å². The van der Waals surface area contributed by atoms with Crippen LogP contribution in [0.5, 0.6) is 11.5 Å². The van der Waals surface area contributed by atoms with Crippen molar-refractivity contribution in [1.29, 1.82) is 0 Å². The molecule has 0 amide bonds. The number of fused-ring (bicyclic) bond motifs is 3. The van der Waals surface area contributed by atoms with Crippen LogP contribution in [0.4, 0.5) is 19.0 Å². The van der Waals surface area contributed by atoms with Crippen molar-refractivity contribution in [3.8, 4) is 22.6 Å². The molecular formula is C25H20F3N5O4. The van der Waals surface area contributed by atoms with Gasteiger partial charge in [-0.1, -0.05) is 0 Å². The zero-order valence-corrected chi connectivity index (χ0v) is 19.8. The summed E-state index contributed by atoms with van der Waals surface area (Å²) in [6.45, 7) is 0.714. The lowest BCUT2D eigenvalue weighted by molar-refractivity contribution is -0.147. The highest BCUT2D eigenvalue weighted by Crippen LogP contribution is 2.42. The number of pyridine rings is 1. The summed E-state index contributed by atoms with van der Waals surface area (Å²) in [5.74, 6) is 0.468. The molecule has 2 aromatic heterocycles. The molecule has 9 nitrogen and oxygen atoms in total. The molecule has 4 heterocycles. The van der Waals surface area contributed by atoms with E-state index in [1.165, 1.54) is 0 Å². The van der Waals surface area contributed by atoms with Crippen molar-refractivity contribution in [3.63, 3.8) is 0 Å². The number of rotatable bonds is 4. The first-order valence-corrected chi connectivity index (χ1v) is 11.4. The highest BCUT2D eigenvalue weighted by Gasteiger charge is 2.39. The third kappa shape index (κ3) is 3.71. The fourth-order valence-electron chi connectivity index (χ4n) is 4.93. The van der Waals surface area contributed by atoms with Crippen LogP contribution >= 0.6 is 0 Å². The van der Waals surface area contributed by atoms with E-state index in [0.29, 0.717) is 40.6 Å². The monoisotopic (exact) mass is 511 g/mol. The van der Waals surface area contributed by atoms with Crippen LogP contribution in [0.15, 0.2) is 36.5 Å². The molecular weight excluding hydrogens is 491 g/mol. The number of ether oxygens (including phenoxy) is 3. The molecule has 2 aromatic carbocycles. The number of hydrogen-bond acceptors (Lipinski definition) is 8. The third-order valence-corrected chi connectivity index (χ3v) is 6.66. The van der Waals surface area contributed by atoms with Crippen molar-refractivity contribution < 1.29 is 32.2 Å². The van der Waals surface area contributed by atoms with Crippen molar-refractivity contribution >= 4 is 22.6 Å². The van der Waals surface area contributed by atoms with Crippen molar-refractivity contribution in [2.45, 2.75) is 25.9 Å². The minimum atomic E-state index is -4.56. The van der Waals surface area contributed by atoms with Crippen LogP contribution < -0.4 is 14.4 Å². The van der Waals surface area contributed by atoms with Gasteiger partial charge in [0.1, 0.15) is 12.4 Å². The van der Waals surface area contributed by atoms with Gasteiger partial charge in [-0.25, -0.2) is 9.78 Å². The lowest BCUT2D eigenvalue weighted by atomic mass is 9.91. The van der Waals surface area contributed by atoms with Crippen LogP contribution in [-0.2, 0) is 30.6 Å². The van der Waals surface area contributed by atoms with Gasteiger partial charge < -0.3 is 23.7 Å². The van der Waals surface area contributed by atoms with Crippen molar-refractivity contribution in [3.05, 3.63) is 59.3 Å². The van der Waals surface area contributed by atoms with Gasteiger partial charge in [0.15, 0.2) is 17.3 Å². The van der Waals surface area contributed by atoms with Crippen LogP contribution in [0.3, 0.4) is 0 Å². The van der Waals surface area contributed by atoms with Gasteiger partial charge in [0.25, 0.3) is 0 Å². The molecule has 2 aliphatic rings. The maximum Gasteiger partial charge on any atom is 0.451 e. The standard InChI is InChI=1S/C25H20F3N5O4/c1-35-17-8-14-7-15-12-37-23(34)22(15)21(16(14)9-18(17)36-2)13-3-4-19(29-10-13)32-5-6-33-20(11-32)30-31-24(33)25(26,27)28/h3-4,7-10H,5-6,11-12H2,1-2H3. The summed E-state index contributed by atoms with van der Waals surface area (Å²) in [7, 11) is 3.10. The number of anilines is 1. The smallest absolute Gasteiger partial charge is 0.451 e. The van der Waals surface area contributed by atoms with E-state index < -0.39 is 18.0 Å². The molecule has 0 saturated carbocycles. The molecule has 0 radical (unpaired) electrons. The van der Waals surface area contributed by atoms with Gasteiger partial charge in [0.2, 0.25) is 5.82 Å². The number of alkyl halides is 3. The fraction of sp³-hybridized carbons (Fsp3) is 0.280. The first kappa shape index (κ1) is 23.1. The molecule has 0 bridgehead atoms. The maximum atomic E-state index is 13.2. The minimum Gasteiger partial charge on any atom is -0.493 e. The normalized spacial score (nSPS) is 14.9. The number of halogens is 3. The molecule has 0 aliphatic carbocycles. The first-order chi connectivity index (χ1) is 17.8. The summed E-state index contributed by atoms with van der Waals surface area (Å²) in [6, 6.07) is 9.18. The summed E-state index contributed by atoms with van der Waals surface area (Å²) in [5, 5.41) is 8.68. The van der Waals surface area contributed by atoms with Gasteiger partial charge in [-0.15, -0.1) is 10.2 Å². The second kappa shape index (κ2) is 8.36. The average molecular weight is 511 g/mol. The van der Waals surface area contributed by atoms with Crippen molar-refractivity contribution in [2.24, 2.45) is 0 Å². The topological polar surface area (TPSA) is 91.6 Å². The summed E-state index contributed by atoms with van der Waals surface area (Å²) < 4.78 is 56.8.